The molecular formula is C16H16N4. The highest BCUT2D eigenvalue weighted by Gasteiger charge is 2.05. The summed E-state index contributed by atoms with van der Waals surface area (Å²) in [4.78, 5) is 4.29. The van der Waals surface area contributed by atoms with Crippen molar-refractivity contribution in [3.8, 4) is 0 Å². The molecule has 0 spiro atoms. The van der Waals surface area contributed by atoms with Gasteiger partial charge in [-0.2, -0.15) is 5.10 Å². The standard InChI is InChI=1S/C16H16N4/c1-11-7-8-13(9-17-11)10-18-16-15-6-4-3-5-14(15)12(2)19-20-16/h3-9H,10H2,1-2H3,(H,18,20). The molecule has 4 heteroatoms. The van der Waals surface area contributed by atoms with Crippen LogP contribution in [-0.4, -0.2) is 15.2 Å². The quantitative estimate of drug-likeness (QED) is 0.789. The van der Waals surface area contributed by atoms with Crippen molar-refractivity contribution in [2.45, 2.75) is 20.4 Å². The summed E-state index contributed by atoms with van der Waals surface area (Å²) in [6.07, 6.45) is 1.88. The summed E-state index contributed by atoms with van der Waals surface area (Å²) < 4.78 is 0. The molecule has 0 fully saturated rings. The zero-order chi connectivity index (χ0) is 13.9. The number of hydrogen-bond acceptors (Lipinski definition) is 4. The van der Waals surface area contributed by atoms with E-state index >= 15 is 0 Å². The summed E-state index contributed by atoms with van der Waals surface area (Å²) in [5.74, 6) is 0.812. The second kappa shape index (κ2) is 5.25. The van der Waals surface area contributed by atoms with Crippen LogP contribution in [0, 0.1) is 13.8 Å². The highest BCUT2D eigenvalue weighted by molar-refractivity contribution is 5.92. The van der Waals surface area contributed by atoms with Crippen molar-refractivity contribution in [2.75, 3.05) is 5.32 Å². The number of nitrogens with zero attached hydrogens (tertiary/aromatic N) is 3. The summed E-state index contributed by atoms with van der Waals surface area (Å²) in [5.41, 5.74) is 3.10. The van der Waals surface area contributed by atoms with Crippen molar-refractivity contribution in [2.24, 2.45) is 0 Å². The van der Waals surface area contributed by atoms with Gasteiger partial charge in [0.05, 0.1) is 5.69 Å². The molecule has 0 aliphatic heterocycles. The predicted molar refractivity (Wildman–Crippen MR) is 80.6 cm³/mol. The van der Waals surface area contributed by atoms with E-state index in [0.29, 0.717) is 6.54 Å². The Bertz CT molecular complexity index is 735. The van der Waals surface area contributed by atoms with Gasteiger partial charge in [-0.05, 0) is 25.5 Å². The Morgan fingerprint density at radius 2 is 1.75 bits per heavy atom. The molecule has 0 amide bonds. The van der Waals surface area contributed by atoms with Gasteiger partial charge in [0.2, 0.25) is 0 Å². The lowest BCUT2D eigenvalue weighted by Crippen LogP contribution is -2.04. The normalized spacial score (nSPS) is 10.7. The molecule has 0 saturated heterocycles. The Labute approximate surface area is 117 Å². The number of benzene rings is 1. The van der Waals surface area contributed by atoms with Crippen molar-refractivity contribution in [3.63, 3.8) is 0 Å². The lowest BCUT2D eigenvalue weighted by Gasteiger charge is -2.09. The molecule has 0 bridgehead atoms. The topological polar surface area (TPSA) is 50.7 Å². The molecule has 4 nitrogen and oxygen atoms in total. The Balaban J connectivity index is 1.88. The zero-order valence-corrected chi connectivity index (χ0v) is 11.6. The van der Waals surface area contributed by atoms with Gasteiger partial charge in [0.1, 0.15) is 0 Å². The highest BCUT2D eigenvalue weighted by atomic mass is 15.2. The van der Waals surface area contributed by atoms with Crippen LogP contribution in [0.4, 0.5) is 5.82 Å². The summed E-state index contributed by atoms with van der Waals surface area (Å²) in [5, 5.41) is 14.0. The molecule has 1 aromatic carbocycles. The predicted octanol–water partition coefficient (Wildman–Crippen LogP) is 3.25. The number of anilines is 1. The first-order valence-electron chi connectivity index (χ1n) is 6.61. The number of rotatable bonds is 3. The largest absolute Gasteiger partial charge is 0.364 e. The number of pyridine rings is 1. The second-order valence-corrected chi connectivity index (χ2v) is 4.84. The van der Waals surface area contributed by atoms with E-state index in [1.54, 1.807) is 0 Å². The van der Waals surface area contributed by atoms with Crippen LogP contribution in [0.2, 0.25) is 0 Å². The fraction of sp³-hybridized carbons (Fsp3) is 0.188. The van der Waals surface area contributed by atoms with Gasteiger partial charge in [-0.3, -0.25) is 4.98 Å². The average Bonchev–Trinajstić information content (AvgIpc) is 2.49. The van der Waals surface area contributed by atoms with Crippen molar-refractivity contribution in [1.82, 2.24) is 15.2 Å². The number of hydrogen-bond donors (Lipinski definition) is 1. The maximum Gasteiger partial charge on any atom is 0.156 e. The molecule has 3 rings (SSSR count). The average molecular weight is 264 g/mol. The monoisotopic (exact) mass is 264 g/mol. The maximum atomic E-state index is 4.29. The van der Waals surface area contributed by atoms with Crippen LogP contribution >= 0.6 is 0 Å². The van der Waals surface area contributed by atoms with Crippen molar-refractivity contribution >= 4 is 16.6 Å². The van der Waals surface area contributed by atoms with Crippen molar-refractivity contribution in [3.05, 3.63) is 59.5 Å². The van der Waals surface area contributed by atoms with E-state index in [2.05, 4.69) is 38.7 Å². The Kier molecular flexibility index (Phi) is 3.29. The maximum absolute atomic E-state index is 4.29. The molecule has 0 radical (unpaired) electrons. The molecule has 100 valence electrons. The third-order valence-corrected chi connectivity index (χ3v) is 3.30. The summed E-state index contributed by atoms with van der Waals surface area (Å²) in [6.45, 7) is 4.65. The lowest BCUT2D eigenvalue weighted by molar-refractivity contribution is 0.978. The molecule has 2 heterocycles. The minimum absolute atomic E-state index is 0.689. The van der Waals surface area contributed by atoms with Gasteiger partial charge in [-0.25, -0.2) is 0 Å². The van der Waals surface area contributed by atoms with E-state index in [0.717, 1.165) is 33.5 Å². The van der Waals surface area contributed by atoms with Gasteiger partial charge in [-0.1, -0.05) is 30.3 Å². The molecule has 1 N–H and O–H groups in total. The van der Waals surface area contributed by atoms with E-state index in [1.807, 2.05) is 38.2 Å². The fourth-order valence-corrected chi connectivity index (χ4v) is 2.16. The van der Waals surface area contributed by atoms with Gasteiger partial charge in [0.15, 0.2) is 5.82 Å². The minimum Gasteiger partial charge on any atom is -0.364 e. The van der Waals surface area contributed by atoms with Crippen LogP contribution in [-0.2, 0) is 6.54 Å². The third kappa shape index (κ3) is 2.45. The van der Waals surface area contributed by atoms with Gasteiger partial charge in [0.25, 0.3) is 0 Å². The zero-order valence-electron chi connectivity index (χ0n) is 11.6. The Morgan fingerprint density at radius 1 is 0.950 bits per heavy atom. The van der Waals surface area contributed by atoms with Crippen molar-refractivity contribution < 1.29 is 0 Å². The van der Waals surface area contributed by atoms with Gasteiger partial charge in [-0.15, -0.1) is 5.10 Å². The summed E-state index contributed by atoms with van der Waals surface area (Å²) in [6, 6.07) is 12.2. The number of nitrogens with one attached hydrogen (secondary N) is 1. The smallest absolute Gasteiger partial charge is 0.156 e. The first-order chi connectivity index (χ1) is 9.74. The molecule has 2 aromatic heterocycles. The molecule has 20 heavy (non-hydrogen) atoms. The van der Waals surface area contributed by atoms with E-state index in [1.165, 1.54) is 0 Å². The molecule has 0 aliphatic carbocycles. The molecule has 0 saturated carbocycles. The molecule has 0 unspecified atom stereocenters. The Morgan fingerprint density at radius 3 is 2.50 bits per heavy atom. The lowest BCUT2D eigenvalue weighted by atomic mass is 10.1. The van der Waals surface area contributed by atoms with Crippen LogP contribution in [0.3, 0.4) is 0 Å². The van der Waals surface area contributed by atoms with Crippen LogP contribution in [0.25, 0.3) is 10.8 Å². The van der Waals surface area contributed by atoms with Gasteiger partial charge in [0, 0.05) is 29.2 Å². The molecule has 0 atom stereocenters. The third-order valence-electron chi connectivity index (χ3n) is 3.30. The number of aromatic nitrogens is 3. The fourth-order valence-electron chi connectivity index (χ4n) is 2.16. The van der Waals surface area contributed by atoms with Crippen LogP contribution in [0.5, 0.6) is 0 Å². The van der Waals surface area contributed by atoms with Crippen LogP contribution in [0.1, 0.15) is 17.0 Å². The minimum atomic E-state index is 0.689. The van der Waals surface area contributed by atoms with Crippen LogP contribution < -0.4 is 5.32 Å². The highest BCUT2D eigenvalue weighted by Crippen LogP contribution is 2.22. The second-order valence-electron chi connectivity index (χ2n) is 4.84. The number of aryl methyl sites for hydroxylation is 2. The van der Waals surface area contributed by atoms with E-state index < -0.39 is 0 Å². The molecule has 0 aliphatic rings. The first-order valence-corrected chi connectivity index (χ1v) is 6.61. The molecule has 3 aromatic rings. The SMILES string of the molecule is Cc1ccc(CNc2nnc(C)c3ccccc23)cn1. The van der Waals surface area contributed by atoms with Crippen LogP contribution in [0.15, 0.2) is 42.6 Å². The van der Waals surface area contributed by atoms with E-state index in [4.69, 9.17) is 0 Å². The van der Waals surface area contributed by atoms with Crippen molar-refractivity contribution in [1.29, 1.82) is 0 Å². The van der Waals surface area contributed by atoms with Gasteiger partial charge < -0.3 is 5.32 Å². The first kappa shape index (κ1) is 12.5. The van der Waals surface area contributed by atoms with E-state index in [-0.39, 0.29) is 0 Å². The summed E-state index contributed by atoms with van der Waals surface area (Å²) >= 11 is 0. The number of fused-ring (bicyclic) bond motifs is 1. The van der Waals surface area contributed by atoms with Gasteiger partial charge >= 0.3 is 0 Å². The Hall–Kier alpha value is -2.49. The summed E-state index contributed by atoms with van der Waals surface area (Å²) in [7, 11) is 0. The molecular weight excluding hydrogens is 248 g/mol. The van der Waals surface area contributed by atoms with E-state index in [9.17, 15) is 0 Å².